The van der Waals surface area contributed by atoms with Crippen molar-refractivity contribution in [2.75, 3.05) is 27.4 Å². The van der Waals surface area contributed by atoms with Gasteiger partial charge in [-0.25, -0.2) is 0 Å². The zero-order valence-electron chi connectivity index (χ0n) is 12.2. The van der Waals surface area contributed by atoms with Gasteiger partial charge in [-0.2, -0.15) is 0 Å². The predicted molar refractivity (Wildman–Crippen MR) is 74.7 cm³/mol. The maximum absolute atomic E-state index is 12.5. The van der Waals surface area contributed by atoms with Crippen LogP contribution in [0.4, 0.5) is 0 Å². The lowest BCUT2D eigenvalue weighted by Gasteiger charge is -2.20. The minimum Gasteiger partial charge on any atom is -0.467 e. The first-order valence-corrected chi connectivity index (χ1v) is 6.63. The highest BCUT2D eigenvalue weighted by Crippen LogP contribution is 2.14. The summed E-state index contributed by atoms with van der Waals surface area (Å²) in [4.78, 5) is 14.1. The average Bonchev–Trinajstić information content (AvgIpc) is 3.14. The van der Waals surface area contributed by atoms with Crippen LogP contribution in [0.1, 0.15) is 22.1 Å². The first-order valence-electron chi connectivity index (χ1n) is 6.63. The van der Waals surface area contributed by atoms with E-state index in [1.165, 1.54) is 0 Å². The molecule has 1 amide bonds. The molecule has 6 nitrogen and oxygen atoms in total. The molecule has 0 aliphatic rings. The molecule has 2 heterocycles. The SMILES string of the molecule is COCCN(Cc1ccco1)C(=O)c1ccc(COC)o1. The van der Waals surface area contributed by atoms with Crippen LogP contribution >= 0.6 is 0 Å². The lowest BCUT2D eigenvalue weighted by atomic mass is 10.3. The van der Waals surface area contributed by atoms with E-state index in [9.17, 15) is 4.79 Å². The zero-order chi connectivity index (χ0) is 15.1. The summed E-state index contributed by atoms with van der Waals surface area (Å²) >= 11 is 0. The van der Waals surface area contributed by atoms with Gasteiger partial charge >= 0.3 is 0 Å². The monoisotopic (exact) mass is 293 g/mol. The zero-order valence-corrected chi connectivity index (χ0v) is 12.2. The standard InChI is InChI=1S/C15H19NO5/c1-18-9-7-16(10-12-4-3-8-20-12)15(17)14-6-5-13(21-14)11-19-2/h3-6,8H,7,9-11H2,1-2H3. The van der Waals surface area contributed by atoms with Gasteiger partial charge in [0.2, 0.25) is 0 Å². The number of hydrogen-bond donors (Lipinski definition) is 0. The van der Waals surface area contributed by atoms with E-state index in [4.69, 9.17) is 18.3 Å². The normalized spacial score (nSPS) is 10.8. The van der Waals surface area contributed by atoms with E-state index in [2.05, 4.69) is 0 Å². The van der Waals surface area contributed by atoms with Crippen LogP contribution in [-0.4, -0.2) is 38.2 Å². The number of amides is 1. The number of nitrogens with zero attached hydrogens (tertiary/aromatic N) is 1. The first kappa shape index (κ1) is 15.3. The van der Waals surface area contributed by atoms with Crippen LogP contribution in [0.3, 0.4) is 0 Å². The van der Waals surface area contributed by atoms with E-state index in [-0.39, 0.29) is 11.7 Å². The Kier molecular flexibility index (Phi) is 5.59. The molecule has 0 aliphatic heterocycles. The average molecular weight is 293 g/mol. The summed E-state index contributed by atoms with van der Waals surface area (Å²) in [6.07, 6.45) is 1.58. The molecule has 0 saturated heterocycles. The molecule has 0 aliphatic carbocycles. The third kappa shape index (κ3) is 4.21. The van der Waals surface area contributed by atoms with Gasteiger partial charge in [-0.15, -0.1) is 0 Å². The third-order valence-corrected chi connectivity index (χ3v) is 2.94. The van der Waals surface area contributed by atoms with E-state index < -0.39 is 0 Å². The molecule has 0 fully saturated rings. The Morgan fingerprint density at radius 2 is 2.05 bits per heavy atom. The van der Waals surface area contributed by atoms with Gasteiger partial charge in [-0.3, -0.25) is 4.79 Å². The van der Waals surface area contributed by atoms with Crippen molar-refractivity contribution in [1.29, 1.82) is 0 Å². The minimum atomic E-state index is -0.203. The van der Waals surface area contributed by atoms with Crippen molar-refractivity contribution in [1.82, 2.24) is 4.90 Å². The van der Waals surface area contributed by atoms with E-state index in [1.54, 1.807) is 43.6 Å². The van der Waals surface area contributed by atoms with Crippen LogP contribution in [0.15, 0.2) is 39.4 Å². The van der Waals surface area contributed by atoms with Gasteiger partial charge in [0.25, 0.3) is 5.91 Å². The molecule has 2 aromatic heterocycles. The van der Waals surface area contributed by atoms with Crippen molar-refractivity contribution in [2.45, 2.75) is 13.2 Å². The number of methoxy groups -OCH3 is 2. The van der Waals surface area contributed by atoms with Crippen LogP contribution in [0.2, 0.25) is 0 Å². The van der Waals surface area contributed by atoms with E-state index in [1.807, 2.05) is 6.07 Å². The van der Waals surface area contributed by atoms with Gasteiger partial charge in [0.1, 0.15) is 18.1 Å². The first-order chi connectivity index (χ1) is 10.2. The van der Waals surface area contributed by atoms with Crippen LogP contribution in [-0.2, 0) is 22.6 Å². The summed E-state index contributed by atoms with van der Waals surface area (Å²) in [5.41, 5.74) is 0. The summed E-state index contributed by atoms with van der Waals surface area (Å²) in [6, 6.07) is 7.00. The number of furan rings is 2. The van der Waals surface area contributed by atoms with Crippen molar-refractivity contribution in [2.24, 2.45) is 0 Å². The van der Waals surface area contributed by atoms with E-state index >= 15 is 0 Å². The molecule has 0 atom stereocenters. The Labute approximate surface area is 123 Å². The Balaban J connectivity index is 2.08. The second kappa shape index (κ2) is 7.66. The van der Waals surface area contributed by atoms with Crippen LogP contribution in [0, 0.1) is 0 Å². The van der Waals surface area contributed by atoms with E-state index in [0.29, 0.717) is 37.8 Å². The highest BCUT2D eigenvalue weighted by molar-refractivity contribution is 5.91. The largest absolute Gasteiger partial charge is 0.467 e. The number of hydrogen-bond acceptors (Lipinski definition) is 5. The van der Waals surface area contributed by atoms with Gasteiger partial charge in [-0.1, -0.05) is 0 Å². The van der Waals surface area contributed by atoms with Crippen molar-refractivity contribution in [3.63, 3.8) is 0 Å². The molecule has 0 aromatic carbocycles. The van der Waals surface area contributed by atoms with Gasteiger partial charge in [0, 0.05) is 20.8 Å². The van der Waals surface area contributed by atoms with E-state index in [0.717, 1.165) is 0 Å². The molecule has 2 aromatic rings. The highest BCUT2D eigenvalue weighted by Gasteiger charge is 2.20. The summed E-state index contributed by atoms with van der Waals surface area (Å²) in [5, 5.41) is 0. The van der Waals surface area contributed by atoms with Crippen LogP contribution < -0.4 is 0 Å². The molecule has 114 valence electrons. The van der Waals surface area contributed by atoms with Crippen LogP contribution in [0.25, 0.3) is 0 Å². The lowest BCUT2D eigenvalue weighted by molar-refractivity contribution is 0.0629. The second-order valence-corrected chi connectivity index (χ2v) is 4.50. The summed E-state index contributed by atoms with van der Waals surface area (Å²) in [7, 11) is 3.17. The van der Waals surface area contributed by atoms with Gasteiger partial charge in [-0.05, 0) is 24.3 Å². The maximum atomic E-state index is 12.5. The smallest absolute Gasteiger partial charge is 0.290 e. The second-order valence-electron chi connectivity index (χ2n) is 4.50. The lowest BCUT2D eigenvalue weighted by Crippen LogP contribution is -2.33. The molecule has 2 rings (SSSR count). The summed E-state index contributed by atoms with van der Waals surface area (Å²) in [6.45, 7) is 1.60. The molecule has 0 saturated carbocycles. The maximum Gasteiger partial charge on any atom is 0.290 e. The fourth-order valence-electron chi connectivity index (χ4n) is 1.91. The molecule has 0 N–H and O–H groups in total. The van der Waals surface area contributed by atoms with Crippen LogP contribution in [0.5, 0.6) is 0 Å². The van der Waals surface area contributed by atoms with Gasteiger partial charge in [0.15, 0.2) is 5.76 Å². The third-order valence-electron chi connectivity index (χ3n) is 2.94. The Morgan fingerprint density at radius 3 is 2.71 bits per heavy atom. The topological polar surface area (TPSA) is 65.0 Å². The van der Waals surface area contributed by atoms with Crippen molar-refractivity contribution in [3.05, 3.63) is 47.8 Å². The molecule has 0 radical (unpaired) electrons. The fourth-order valence-corrected chi connectivity index (χ4v) is 1.91. The Bertz CT molecular complexity index is 546. The Morgan fingerprint density at radius 1 is 1.19 bits per heavy atom. The number of carbonyl (C=O) groups is 1. The van der Waals surface area contributed by atoms with Crippen molar-refractivity contribution < 1.29 is 23.1 Å². The summed E-state index contributed by atoms with van der Waals surface area (Å²) < 4.78 is 20.8. The van der Waals surface area contributed by atoms with Gasteiger partial charge in [0.05, 0.1) is 19.4 Å². The van der Waals surface area contributed by atoms with Crippen molar-refractivity contribution >= 4 is 5.91 Å². The fraction of sp³-hybridized carbons (Fsp3) is 0.400. The number of rotatable bonds is 8. The Hall–Kier alpha value is -2.05. The number of carbonyl (C=O) groups excluding carboxylic acids is 1. The molecule has 0 unspecified atom stereocenters. The predicted octanol–water partition coefficient (Wildman–Crippen LogP) is 2.31. The minimum absolute atomic E-state index is 0.203. The van der Waals surface area contributed by atoms with Gasteiger partial charge < -0.3 is 23.2 Å². The molecule has 0 spiro atoms. The van der Waals surface area contributed by atoms with Crippen molar-refractivity contribution in [3.8, 4) is 0 Å². The molecule has 0 bridgehead atoms. The molecule has 21 heavy (non-hydrogen) atoms. The summed E-state index contributed by atoms with van der Waals surface area (Å²) in [5.74, 6) is 1.41. The quantitative estimate of drug-likeness (QED) is 0.747. The highest BCUT2D eigenvalue weighted by atomic mass is 16.5. The number of ether oxygens (including phenoxy) is 2. The molecular weight excluding hydrogens is 274 g/mol. The molecular formula is C15H19NO5. The molecule has 6 heteroatoms.